The maximum absolute atomic E-state index is 11.4. The number of nitrogens with one attached hydrogen (secondary N) is 1. The molecule has 0 aliphatic heterocycles. The average molecular weight is 306 g/mol. The summed E-state index contributed by atoms with van der Waals surface area (Å²) in [7, 11) is 1.64. The number of imidazole rings is 1. The number of primary amides is 1. The van der Waals surface area contributed by atoms with Gasteiger partial charge in [0.15, 0.2) is 5.16 Å². The summed E-state index contributed by atoms with van der Waals surface area (Å²) in [6.07, 6.45) is 2.09. The van der Waals surface area contributed by atoms with E-state index in [0.29, 0.717) is 12.8 Å². The van der Waals surface area contributed by atoms with Crippen molar-refractivity contribution in [1.29, 1.82) is 0 Å². The van der Waals surface area contributed by atoms with E-state index >= 15 is 0 Å². The molecule has 1 aliphatic rings. The number of carbonyl (C=O) groups excluding carboxylic acids is 1. The van der Waals surface area contributed by atoms with Crippen LogP contribution < -0.4 is 16.2 Å². The molecule has 0 saturated heterocycles. The number of rotatable bonds is 4. The first-order valence-corrected chi connectivity index (χ1v) is 7.67. The molecule has 2 aromatic rings. The number of H-pyrrole nitrogens is 1. The second-order valence-corrected chi connectivity index (χ2v) is 6.72. The average Bonchev–Trinajstić information content (AvgIpc) is 3.02. The van der Waals surface area contributed by atoms with Gasteiger partial charge in [-0.05, 0) is 31.4 Å². The van der Waals surface area contributed by atoms with Gasteiger partial charge >= 0.3 is 0 Å². The number of hydrogen-bond donors (Lipinski definition) is 3. The van der Waals surface area contributed by atoms with Crippen LogP contribution in [-0.2, 0) is 4.79 Å². The molecule has 5 N–H and O–H groups in total. The number of nitrogens with two attached hydrogens (primary N) is 2. The molecule has 0 radical (unpaired) electrons. The standard InChI is InChI=1S/C14H18N4O2S/c1-20-8-2-3-10-11(6-8)18-13(17-10)21-9-4-5-14(16,7-9)12(15)19/h2-3,6,9H,4-5,7,16H2,1H3,(H2,15,19)(H,17,18). The number of amides is 1. The third kappa shape index (κ3) is 2.71. The molecule has 1 aromatic heterocycles. The number of aromatic nitrogens is 2. The highest BCUT2D eigenvalue weighted by molar-refractivity contribution is 7.99. The molecule has 6 nitrogen and oxygen atoms in total. The van der Waals surface area contributed by atoms with E-state index < -0.39 is 11.4 Å². The molecule has 2 atom stereocenters. The molecule has 0 bridgehead atoms. The highest BCUT2D eigenvalue weighted by atomic mass is 32.2. The van der Waals surface area contributed by atoms with E-state index in [0.717, 1.165) is 28.4 Å². The summed E-state index contributed by atoms with van der Waals surface area (Å²) < 4.78 is 5.20. The number of hydrogen-bond acceptors (Lipinski definition) is 5. The Bertz CT molecular complexity index is 687. The van der Waals surface area contributed by atoms with Gasteiger partial charge in [-0.2, -0.15) is 0 Å². The minimum Gasteiger partial charge on any atom is -0.497 e. The van der Waals surface area contributed by atoms with E-state index in [4.69, 9.17) is 16.2 Å². The predicted octanol–water partition coefficient (Wildman–Crippen LogP) is 1.40. The second-order valence-electron chi connectivity index (χ2n) is 5.43. The van der Waals surface area contributed by atoms with Crippen LogP contribution in [0, 0.1) is 0 Å². The number of thioether (sulfide) groups is 1. The Kier molecular flexibility index (Phi) is 3.54. The molecule has 3 rings (SSSR count). The SMILES string of the molecule is COc1ccc2nc(SC3CCC(N)(C(N)=O)C3)[nH]c2c1. The molecule has 21 heavy (non-hydrogen) atoms. The van der Waals surface area contributed by atoms with E-state index in [1.54, 1.807) is 18.9 Å². The summed E-state index contributed by atoms with van der Waals surface area (Å²) in [5.74, 6) is 0.373. The minimum absolute atomic E-state index is 0.255. The van der Waals surface area contributed by atoms with E-state index in [1.807, 2.05) is 18.2 Å². The number of nitrogens with zero attached hydrogens (tertiary/aromatic N) is 1. The first kappa shape index (κ1) is 14.2. The van der Waals surface area contributed by atoms with Gasteiger partial charge in [-0.25, -0.2) is 4.98 Å². The van der Waals surface area contributed by atoms with Crippen molar-refractivity contribution in [3.8, 4) is 5.75 Å². The Labute approximate surface area is 126 Å². The van der Waals surface area contributed by atoms with Gasteiger partial charge in [0, 0.05) is 11.3 Å². The van der Waals surface area contributed by atoms with E-state index in [1.165, 1.54) is 0 Å². The Morgan fingerprint density at radius 2 is 2.38 bits per heavy atom. The first-order chi connectivity index (χ1) is 10.00. The fourth-order valence-electron chi connectivity index (χ4n) is 2.66. The zero-order valence-corrected chi connectivity index (χ0v) is 12.6. The van der Waals surface area contributed by atoms with Crippen molar-refractivity contribution < 1.29 is 9.53 Å². The van der Waals surface area contributed by atoms with Gasteiger partial charge in [0.25, 0.3) is 0 Å². The molecule has 7 heteroatoms. The van der Waals surface area contributed by atoms with E-state index in [2.05, 4.69) is 9.97 Å². The summed E-state index contributed by atoms with van der Waals surface area (Å²) in [6.45, 7) is 0. The molecular formula is C14H18N4O2S. The number of aromatic amines is 1. The van der Waals surface area contributed by atoms with Gasteiger partial charge in [-0.3, -0.25) is 4.79 Å². The van der Waals surface area contributed by atoms with Crippen molar-refractivity contribution in [3.05, 3.63) is 18.2 Å². The lowest BCUT2D eigenvalue weighted by Gasteiger charge is -2.18. The number of methoxy groups -OCH3 is 1. The summed E-state index contributed by atoms with van der Waals surface area (Å²) >= 11 is 1.61. The van der Waals surface area contributed by atoms with Crippen molar-refractivity contribution in [2.24, 2.45) is 11.5 Å². The number of ether oxygens (including phenoxy) is 1. The number of carbonyl (C=O) groups is 1. The van der Waals surface area contributed by atoms with Crippen LogP contribution in [0.4, 0.5) is 0 Å². The van der Waals surface area contributed by atoms with Crippen LogP contribution in [0.15, 0.2) is 23.4 Å². The highest BCUT2D eigenvalue weighted by Crippen LogP contribution is 2.38. The maximum atomic E-state index is 11.4. The quantitative estimate of drug-likeness (QED) is 0.791. The van der Waals surface area contributed by atoms with Gasteiger partial charge in [-0.1, -0.05) is 11.8 Å². The van der Waals surface area contributed by atoms with Crippen molar-refractivity contribution in [2.75, 3.05) is 7.11 Å². The first-order valence-electron chi connectivity index (χ1n) is 6.79. The zero-order valence-electron chi connectivity index (χ0n) is 11.8. The normalized spacial score (nSPS) is 25.3. The molecule has 1 heterocycles. The second kappa shape index (κ2) is 5.23. The number of fused-ring (bicyclic) bond motifs is 1. The van der Waals surface area contributed by atoms with Crippen molar-refractivity contribution in [1.82, 2.24) is 9.97 Å². The van der Waals surface area contributed by atoms with Crippen molar-refractivity contribution in [2.45, 2.75) is 35.2 Å². The van der Waals surface area contributed by atoms with Crippen molar-refractivity contribution >= 4 is 28.7 Å². The predicted molar refractivity (Wildman–Crippen MR) is 82.3 cm³/mol. The Hall–Kier alpha value is -1.73. The van der Waals surface area contributed by atoms with Crippen molar-refractivity contribution in [3.63, 3.8) is 0 Å². The molecule has 1 aromatic carbocycles. The molecule has 2 unspecified atom stereocenters. The lowest BCUT2D eigenvalue weighted by atomic mass is 9.99. The van der Waals surface area contributed by atoms with Crippen LogP contribution in [0.2, 0.25) is 0 Å². The fraction of sp³-hybridized carbons (Fsp3) is 0.429. The third-order valence-corrected chi connectivity index (χ3v) is 5.09. The van der Waals surface area contributed by atoms with Gasteiger partial charge in [-0.15, -0.1) is 0 Å². The van der Waals surface area contributed by atoms with Gasteiger partial charge in [0.1, 0.15) is 5.75 Å². The minimum atomic E-state index is -0.868. The fourth-order valence-corrected chi connectivity index (χ4v) is 3.91. The Morgan fingerprint density at radius 3 is 3.05 bits per heavy atom. The van der Waals surface area contributed by atoms with Crippen LogP contribution in [-0.4, -0.2) is 33.8 Å². The number of benzene rings is 1. The van der Waals surface area contributed by atoms with Gasteiger partial charge in [0.05, 0.1) is 23.7 Å². The lowest BCUT2D eigenvalue weighted by molar-refractivity contribution is -0.122. The van der Waals surface area contributed by atoms with Crippen LogP contribution in [0.1, 0.15) is 19.3 Å². The molecule has 112 valence electrons. The van der Waals surface area contributed by atoms with Crippen LogP contribution in [0.5, 0.6) is 5.75 Å². The Morgan fingerprint density at radius 1 is 1.57 bits per heavy atom. The summed E-state index contributed by atoms with van der Waals surface area (Å²) in [5.41, 5.74) is 12.4. The summed E-state index contributed by atoms with van der Waals surface area (Å²) in [5, 5.41) is 1.09. The molecule has 1 amide bonds. The van der Waals surface area contributed by atoms with E-state index in [9.17, 15) is 4.79 Å². The molecule has 1 aliphatic carbocycles. The smallest absolute Gasteiger partial charge is 0.237 e. The summed E-state index contributed by atoms with van der Waals surface area (Å²) in [4.78, 5) is 19.2. The van der Waals surface area contributed by atoms with Crippen LogP contribution >= 0.6 is 11.8 Å². The lowest BCUT2D eigenvalue weighted by Crippen LogP contribution is -2.50. The van der Waals surface area contributed by atoms with Gasteiger partial charge in [0.2, 0.25) is 5.91 Å². The van der Waals surface area contributed by atoms with E-state index in [-0.39, 0.29) is 5.25 Å². The summed E-state index contributed by atoms with van der Waals surface area (Å²) in [6, 6.07) is 5.71. The maximum Gasteiger partial charge on any atom is 0.237 e. The largest absolute Gasteiger partial charge is 0.497 e. The van der Waals surface area contributed by atoms with Crippen LogP contribution in [0.25, 0.3) is 11.0 Å². The Balaban J connectivity index is 1.75. The molecule has 0 spiro atoms. The van der Waals surface area contributed by atoms with Crippen LogP contribution in [0.3, 0.4) is 0 Å². The monoisotopic (exact) mass is 306 g/mol. The highest BCUT2D eigenvalue weighted by Gasteiger charge is 2.41. The van der Waals surface area contributed by atoms with Gasteiger partial charge < -0.3 is 21.2 Å². The third-order valence-electron chi connectivity index (χ3n) is 3.94. The topological polar surface area (TPSA) is 107 Å². The molecular weight excluding hydrogens is 288 g/mol. The zero-order chi connectivity index (χ0) is 15.0. The molecule has 1 fully saturated rings. The molecule has 1 saturated carbocycles.